The van der Waals surface area contributed by atoms with E-state index in [1.807, 2.05) is 16.8 Å². The molecule has 1 aliphatic rings. The van der Waals surface area contributed by atoms with Gasteiger partial charge in [0.05, 0.1) is 6.61 Å². The van der Waals surface area contributed by atoms with E-state index >= 15 is 0 Å². The predicted octanol–water partition coefficient (Wildman–Crippen LogP) is 3.33. The fourth-order valence-corrected chi connectivity index (χ4v) is 2.27. The zero-order valence-electron chi connectivity index (χ0n) is 9.06. The quantitative estimate of drug-likeness (QED) is 0.776. The molecule has 2 nitrogen and oxygen atoms in total. The number of thiophene rings is 1. The van der Waals surface area contributed by atoms with Crippen LogP contribution in [0.2, 0.25) is 0 Å². The van der Waals surface area contributed by atoms with Crippen molar-refractivity contribution in [3.8, 4) is 16.9 Å². The first-order valence-corrected chi connectivity index (χ1v) is 6.34. The molecule has 0 amide bonds. The molecule has 0 N–H and O–H groups in total. The molecular formula is C13H11FO2S. The summed E-state index contributed by atoms with van der Waals surface area (Å²) in [5, 5.41) is 4.01. The Morgan fingerprint density at radius 1 is 1.41 bits per heavy atom. The van der Waals surface area contributed by atoms with Gasteiger partial charge in [-0.2, -0.15) is 11.3 Å². The summed E-state index contributed by atoms with van der Waals surface area (Å²) in [4.78, 5) is 0. The summed E-state index contributed by atoms with van der Waals surface area (Å²) in [6, 6.07) is 6.63. The molecule has 1 aromatic heterocycles. The second-order valence-corrected chi connectivity index (χ2v) is 4.70. The predicted molar refractivity (Wildman–Crippen MR) is 64.9 cm³/mol. The van der Waals surface area contributed by atoms with Crippen molar-refractivity contribution in [1.29, 1.82) is 0 Å². The lowest BCUT2D eigenvalue weighted by molar-refractivity contribution is 0.263. The molecule has 0 radical (unpaired) electrons. The maximum atomic E-state index is 13.2. The minimum Gasteiger partial charge on any atom is -0.490 e. The van der Waals surface area contributed by atoms with Crippen molar-refractivity contribution in [2.75, 3.05) is 13.2 Å². The standard InChI is InChI=1S/C13H11FO2S/c14-10-1-2-12(9-3-4-17-8-9)13(5-10)16-7-11-6-15-11/h1-5,8,11H,6-7H2/t11-/m0/s1. The van der Waals surface area contributed by atoms with Gasteiger partial charge in [-0.05, 0) is 34.5 Å². The first-order chi connectivity index (χ1) is 8.33. The van der Waals surface area contributed by atoms with Gasteiger partial charge in [0, 0.05) is 11.6 Å². The molecule has 1 fully saturated rings. The summed E-state index contributed by atoms with van der Waals surface area (Å²) in [5.74, 6) is 0.301. The van der Waals surface area contributed by atoms with E-state index in [0.29, 0.717) is 12.4 Å². The number of halogens is 1. The van der Waals surface area contributed by atoms with E-state index in [-0.39, 0.29) is 11.9 Å². The summed E-state index contributed by atoms with van der Waals surface area (Å²) in [7, 11) is 0. The Balaban J connectivity index is 1.89. The number of rotatable bonds is 4. The van der Waals surface area contributed by atoms with Crippen LogP contribution in [-0.4, -0.2) is 19.3 Å². The monoisotopic (exact) mass is 250 g/mol. The van der Waals surface area contributed by atoms with Gasteiger partial charge in [-0.25, -0.2) is 4.39 Å². The summed E-state index contributed by atoms with van der Waals surface area (Å²) in [6.45, 7) is 1.23. The van der Waals surface area contributed by atoms with Crippen LogP contribution in [0.25, 0.3) is 11.1 Å². The average molecular weight is 250 g/mol. The lowest BCUT2D eigenvalue weighted by atomic mass is 10.1. The summed E-state index contributed by atoms with van der Waals surface area (Å²) < 4.78 is 23.9. The van der Waals surface area contributed by atoms with E-state index in [9.17, 15) is 4.39 Å². The van der Waals surface area contributed by atoms with Gasteiger partial charge in [0.1, 0.15) is 24.3 Å². The van der Waals surface area contributed by atoms with Gasteiger partial charge in [-0.15, -0.1) is 0 Å². The van der Waals surface area contributed by atoms with Crippen LogP contribution in [0.4, 0.5) is 4.39 Å². The van der Waals surface area contributed by atoms with E-state index in [1.165, 1.54) is 12.1 Å². The molecule has 17 heavy (non-hydrogen) atoms. The van der Waals surface area contributed by atoms with Crippen LogP contribution in [0, 0.1) is 5.82 Å². The molecule has 1 saturated heterocycles. The van der Waals surface area contributed by atoms with Crippen LogP contribution in [0.15, 0.2) is 35.0 Å². The number of epoxide rings is 1. The molecule has 0 saturated carbocycles. The molecule has 0 bridgehead atoms. The van der Waals surface area contributed by atoms with E-state index < -0.39 is 0 Å². The Labute approximate surface area is 103 Å². The second-order valence-electron chi connectivity index (χ2n) is 3.92. The third kappa shape index (κ3) is 2.48. The van der Waals surface area contributed by atoms with Crippen molar-refractivity contribution in [2.45, 2.75) is 6.10 Å². The van der Waals surface area contributed by atoms with Crippen molar-refractivity contribution in [3.05, 3.63) is 40.8 Å². The van der Waals surface area contributed by atoms with Gasteiger partial charge >= 0.3 is 0 Å². The molecule has 2 heterocycles. The van der Waals surface area contributed by atoms with E-state index in [1.54, 1.807) is 17.4 Å². The van der Waals surface area contributed by atoms with Crippen molar-refractivity contribution < 1.29 is 13.9 Å². The SMILES string of the molecule is Fc1ccc(-c2ccsc2)c(OC[C@@H]2CO2)c1. The number of benzene rings is 1. The highest BCUT2D eigenvalue weighted by atomic mass is 32.1. The second kappa shape index (κ2) is 4.47. The van der Waals surface area contributed by atoms with Gasteiger partial charge in [0.2, 0.25) is 0 Å². The molecule has 2 aromatic rings. The van der Waals surface area contributed by atoms with Crippen LogP contribution >= 0.6 is 11.3 Å². The van der Waals surface area contributed by atoms with Crippen molar-refractivity contribution in [2.24, 2.45) is 0 Å². The van der Waals surface area contributed by atoms with E-state index in [0.717, 1.165) is 17.7 Å². The van der Waals surface area contributed by atoms with Crippen molar-refractivity contribution in [1.82, 2.24) is 0 Å². The normalized spacial score (nSPS) is 18.1. The van der Waals surface area contributed by atoms with Gasteiger partial charge in [-0.1, -0.05) is 0 Å². The number of hydrogen-bond donors (Lipinski definition) is 0. The van der Waals surface area contributed by atoms with E-state index in [2.05, 4.69) is 0 Å². The Morgan fingerprint density at radius 3 is 3.00 bits per heavy atom. The first kappa shape index (κ1) is 10.7. The Kier molecular flexibility index (Phi) is 2.82. The average Bonchev–Trinajstić information content (AvgIpc) is 3.00. The molecule has 88 valence electrons. The Bertz CT molecular complexity index is 506. The zero-order chi connectivity index (χ0) is 11.7. The number of ether oxygens (including phenoxy) is 2. The van der Waals surface area contributed by atoms with Crippen LogP contribution < -0.4 is 4.74 Å². The lowest BCUT2D eigenvalue weighted by Gasteiger charge is -2.09. The van der Waals surface area contributed by atoms with Crippen LogP contribution in [0.5, 0.6) is 5.75 Å². The molecule has 1 aliphatic heterocycles. The largest absolute Gasteiger partial charge is 0.490 e. The minimum atomic E-state index is -0.282. The molecule has 4 heteroatoms. The summed E-state index contributed by atoms with van der Waals surface area (Å²) in [6.07, 6.45) is 0.175. The molecule has 1 atom stereocenters. The highest BCUT2D eigenvalue weighted by molar-refractivity contribution is 7.08. The fourth-order valence-electron chi connectivity index (χ4n) is 1.62. The maximum Gasteiger partial charge on any atom is 0.130 e. The molecule has 0 spiro atoms. The molecule has 1 aromatic carbocycles. The van der Waals surface area contributed by atoms with Gasteiger partial charge in [0.15, 0.2) is 0 Å². The molecule has 0 aliphatic carbocycles. The topological polar surface area (TPSA) is 21.8 Å². The maximum absolute atomic E-state index is 13.2. The van der Waals surface area contributed by atoms with Crippen LogP contribution in [0.3, 0.4) is 0 Å². The lowest BCUT2D eigenvalue weighted by Crippen LogP contribution is -2.05. The Hall–Kier alpha value is -1.39. The van der Waals surface area contributed by atoms with Crippen LogP contribution in [0.1, 0.15) is 0 Å². The summed E-state index contributed by atoms with van der Waals surface area (Å²) >= 11 is 1.61. The fraction of sp³-hybridized carbons (Fsp3) is 0.231. The highest BCUT2D eigenvalue weighted by Crippen LogP contribution is 2.32. The van der Waals surface area contributed by atoms with E-state index in [4.69, 9.17) is 9.47 Å². The smallest absolute Gasteiger partial charge is 0.130 e. The molecule has 0 unspecified atom stereocenters. The van der Waals surface area contributed by atoms with Crippen molar-refractivity contribution in [3.63, 3.8) is 0 Å². The van der Waals surface area contributed by atoms with Crippen LogP contribution in [-0.2, 0) is 4.74 Å². The highest BCUT2D eigenvalue weighted by Gasteiger charge is 2.23. The van der Waals surface area contributed by atoms with Crippen molar-refractivity contribution >= 4 is 11.3 Å². The Morgan fingerprint density at radius 2 is 2.29 bits per heavy atom. The molecular weight excluding hydrogens is 239 g/mol. The first-order valence-electron chi connectivity index (χ1n) is 5.39. The minimum absolute atomic E-state index is 0.175. The van der Waals surface area contributed by atoms with Gasteiger partial charge in [0.25, 0.3) is 0 Å². The van der Waals surface area contributed by atoms with Gasteiger partial charge in [-0.3, -0.25) is 0 Å². The molecule has 3 rings (SSSR count). The third-order valence-corrected chi connectivity index (χ3v) is 3.29. The number of hydrogen-bond acceptors (Lipinski definition) is 3. The third-order valence-electron chi connectivity index (χ3n) is 2.60. The zero-order valence-corrected chi connectivity index (χ0v) is 9.87. The summed E-state index contributed by atoms with van der Waals surface area (Å²) in [5.41, 5.74) is 1.98. The van der Waals surface area contributed by atoms with Gasteiger partial charge < -0.3 is 9.47 Å².